The van der Waals surface area contributed by atoms with Gasteiger partial charge in [-0.3, -0.25) is 4.79 Å². The van der Waals surface area contributed by atoms with Crippen molar-refractivity contribution in [2.75, 3.05) is 5.32 Å². The van der Waals surface area contributed by atoms with Crippen LogP contribution in [0.4, 0.5) is 5.69 Å². The van der Waals surface area contributed by atoms with Crippen molar-refractivity contribution in [3.8, 4) is 0 Å². The lowest BCUT2D eigenvalue weighted by Gasteiger charge is -2.09. The highest BCUT2D eigenvalue weighted by atomic mass is 35.5. The molecule has 0 bridgehead atoms. The molecule has 1 heterocycles. The number of hydrogen-bond donors (Lipinski definition) is 2. The summed E-state index contributed by atoms with van der Waals surface area (Å²) in [5, 5.41) is 13.4. The van der Waals surface area contributed by atoms with Crippen LogP contribution >= 0.6 is 11.6 Å². The zero-order valence-corrected chi connectivity index (χ0v) is 13.6. The van der Waals surface area contributed by atoms with Gasteiger partial charge in [0.05, 0.1) is 11.6 Å². The maximum Gasteiger partial charge on any atom is 0.291 e. The third kappa shape index (κ3) is 2.83. The predicted molar refractivity (Wildman–Crippen MR) is 91.0 cm³/mol. The number of halogens is 1. The molecular weight excluding hydrogens is 314 g/mol. The predicted octanol–water partition coefficient (Wildman–Crippen LogP) is 4.45. The van der Waals surface area contributed by atoms with Crippen molar-refractivity contribution in [1.82, 2.24) is 0 Å². The van der Waals surface area contributed by atoms with Crippen LogP contribution in [-0.2, 0) is 6.61 Å². The van der Waals surface area contributed by atoms with Crippen LogP contribution in [0.15, 0.2) is 40.8 Å². The molecule has 1 amide bonds. The minimum absolute atomic E-state index is 0.0809. The summed E-state index contributed by atoms with van der Waals surface area (Å²) in [4.78, 5) is 12.6. The number of hydrogen-bond acceptors (Lipinski definition) is 3. The molecule has 0 spiro atoms. The topological polar surface area (TPSA) is 62.5 Å². The highest BCUT2D eigenvalue weighted by Gasteiger charge is 2.19. The normalized spacial score (nSPS) is 11.0. The first-order valence-corrected chi connectivity index (χ1v) is 7.58. The molecule has 1 aromatic heterocycles. The Morgan fingerprint density at radius 1 is 1.26 bits per heavy atom. The van der Waals surface area contributed by atoms with Crippen molar-refractivity contribution in [3.05, 3.63) is 63.9 Å². The maximum absolute atomic E-state index is 12.6. The number of fused-ring (bicyclic) bond motifs is 1. The Morgan fingerprint density at radius 2 is 2.04 bits per heavy atom. The van der Waals surface area contributed by atoms with Gasteiger partial charge in [0.2, 0.25) is 0 Å². The number of aliphatic hydroxyl groups excluding tert-OH is 1. The van der Waals surface area contributed by atoms with Crippen LogP contribution in [0, 0.1) is 13.8 Å². The molecule has 23 heavy (non-hydrogen) atoms. The van der Waals surface area contributed by atoms with Crippen molar-refractivity contribution < 1.29 is 14.3 Å². The summed E-state index contributed by atoms with van der Waals surface area (Å²) >= 11 is 6.12. The molecule has 118 valence electrons. The van der Waals surface area contributed by atoms with E-state index in [4.69, 9.17) is 16.0 Å². The van der Waals surface area contributed by atoms with Gasteiger partial charge in [-0.15, -0.1) is 0 Å². The van der Waals surface area contributed by atoms with E-state index in [0.29, 0.717) is 16.3 Å². The fourth-order valence-electron chi connectivity index (χ4n) is 2.51. The summed E-state index contributed by atoms with van der Waals surface area (Å²) < 4.78 is 5.67. The molecule has 3 rings (SSSR count). The third-order valence-electron chi connectivity index (χ3n) is 3.85. The standard InChI is InChI=1S/C18H16ClNO3/c1-10-6-7-12(9-21)8-15(10)20-18(22)16-11(2)13-4-3-5-14(19)17(13)23-16/h3-8,21H,9H2,1-2H3,(H,20,22). The Balaban J connectivity index is 1.98. The molecule has 4 nitrogen and oxygen atoms in total. The van der Waals surface area contributed by atoms with Gasteiger partial charge in [0.25, 0.3) is 5.91 Å². The molecule has 0 aliphatic rings. The molecule has 0 atom stereocenters. The molecule has 0 aliphatic carbocycles. The average molecular weight is 330 g/mol. The van der Waals surface area contributed by atoms with Gasteiger partial charge in [0.15, 0.2) is 11.3 Å². The van der Waals surface area contributed by atoms with Crippen LogP contribution in [0.1, 0.15) is 27.2 Å². The van der Waals surface area contributed by atoms with E-state index in [1.165, 1.54) is 0 Å². The van der Waals surface area contributed by atoms with Crippen molar-refractivity contribution in [2.45, 2.75) is 20.5 Å². The summed E-state index contributed by atoms with van der Waals surface area (Å²) in [6.07, 6.45) is 0. The SMILES string of the molecule is Cc1ccc(CO)cc1NC(=O)c1oc2c(Cl)cccc2c1C. The zero-order chi connectivity index (χ0) is 16.6. The second kappa shape index (κ2) is 6.07. The molecule has 0 unspecified atom stereocenters. The lowest BCUT2D eigenvalue weighted by Crippen LogP contribution is -2.13. The van der Waals surface area contributed by atoms with E-state index in [0.717, 1.165) is 22.1 Å². The van der Waals surface area contributed by atoms with E-state index in [9.17, 15) is 9.90 Å². The lowest BCUT2D eigenvalue weighted by molar-refractivity contribution is 0.0998. The van der Waals surface area contributed by atoms with Crippen LogP contribution in [-0.4, -0.2) is 11.0 Å². The second-order valence-corrected chi connectivity index (χ2v) is 5.84. The number of amides is 1. The Labute approximate surface area is 138 Å². The number of aliphatic hydroxyl groups is 1. The Morgan fingerprint density at radius 3 is 2.74 bits per heavy atom. The molecule has 3 aromatic rings. The molecule has 5 heteroatoms. The third-order valence-corrected chi connectivity index (χ3v) is 4.15. The van der Waals surface area contributed by atoms with Crippen LogP contribution in [0.5, 0.6) is 0 Å². The summed E-state index contributed by atoms with van der Waals surface area (Å²) in [5.41, 5.74) is 3.54. The minimum atomic E-state index is -0.340. The molecule has 0 aliphatic heterocycles. The summed E-state index contributed by atoms with van der Waals surface area (Å²) in [7, 11) is 0. The highest BCUT2D eigenvalue weighted by Crippen LogP contribution is 2.31. The van der Waals surface area contributed by atoms with Crippen molar-refractivity contribution in [3.63, 3.8) is 0 Å². The number of carbonyl (C=O) groups excluding carboxylic acids is 1. The lowest BCUT2D eigenvalue weighted by atomic mass is 10.1. The first-order chi connectivity index (χ1) is 11.0. The number of carbonyl (C=O) groups is 1. The zero-order valence-electron chi connectivity index (χ0n) is 12.8. The summed E-state index contributed by atoms with van der Waals surface area (Å²) in [5.74, 6) is -0.102. The Hall–Kier alpha value is -2.30. The number of anilines is 1. The van der Waals surface area contributed by atoms with E-state index < -0.39 is 0 Å². The van der Waals surface area contributed by atoms with Gasteiger partial charge >= 0.3 is 0 Å². The molecular formula is C18H16ClNO3. The minimum Gasteiger partial charge on any atom is -0.449 e. The number of aryl methyl sites for hydroxylation is 2. The van der Waals surface area contributed by atoms with Gasteiger partial charge in [-0.1, -0.05) is 35.9 Å². The number of furan rings is 1. The first-order valence-electron chi connectivity index (χ1n) is 7.20. The van der Waals surface area contributed by atoms with Gasteiger partial charge in [-0.2, -0.15) is 0 Å². The Kier molecular flexibility index (Phi) is 4.11. The first kappa shape index (κ1) is 15.6. The largest absolute Gasteiger partial charge is 0.449 e. The van der Waals surface area contributed by atoms with E-state index >= 15 is 0 Å². The van der Waals surface area contributed by atoms with Crippen molar-refractivity contribution >= 4 is 34.2 Å². The van der Waals surface area contributed by atoms with E-state index in [-0.39, 0.29) is 18.3 Å². The van der Waals surface area contributed by atoms with Gasteiger partial charge in [0, 0.05) is 16.6 Å². The van der Waals surface area contributed by atoms with Gasteiger partial charge < -0.3 is 14.8 Å². The summed E-state index contributed by atoms with van der Waals surface area (Å²) in [6.45, 7) is 3.63. The van der Waals surface area contributed by atoms with Gasteiger partial charge in [-0.05, 0) is 37.1 Å². The molecule has 0 saturated carbocycles. The van der Waals surface area contributed by atoms with E-state index in [2.05, 4.69) is 5.32 Å². The fraction of sp³-hybridized carbons (Fsp3) is 0.167. The van der Waals surface area contributed by atoms with E-state index in [1.54, 1.807) is 12.1 Å². The number of nitrogens with one attached hydrogen (secondary N) is 1. The van der Waals surface area contributed by atoms with Crippen molar-refractivity contribution in [1.29, 1.82) is 0 Å². The monoisotopic (exact) mass is 329 g/mol. The highest BCUT2D eigenvalue weighted by molar-refractivity contribution is 6.35. The molecule has 0 radical (unpaired) electrons. The molecule has 0 saturated heterocycles. The average Bonchev–Trinajstić information content (AvgIpc) is 2.88. The van der Waals surface area contributed by atoms with Gasteiger partial charge in [0.1, 0.15) is 0 Å². The van der Waals surface area contributed by atoms with Crippen molar-refractivity contribution in [2.24, 2.45) is 0 Å². The van der Waals surface area contributed by atoms with Crippen LogP contribution < -0.4 is 5.32 Å². The van der Waals surface area contributed by atoms with Crippen LogP contribution in [0.2, 0.25) is 5.02 Å². The second-order valence-electron chi connectivity index (χ2n) is 5.43. The quantitative estimate of drug-likeness (QED) is 0.746. The number of para-hydroxylation sites is 1. The fourth-order valence-corrected chi connectivity index (χ4v) is 2.72. The molecule has 2 aromatic carbocycles. The van der Waals surface area contributed by atoms with Crippen LogP contribution in [0.25, 0.3) is 11.0 Å². The molecule has 0 fully saturated rings. The summed E-state index contributed by atoms with van der Waals surface area (Å²) in [6, 6.07) is 10.8. The molecule has 2 N–H and O–H groups in total. The smallest absolute Gasteiger partial charge is 0.291 e. The number of rotatable bonds is 3. The number of benzene rings is 2. The Bertz CT molecular complexity index is 899. The van der Waals surface area contributed by atoms with E-state index in [1.807, 2.05) is 38.1 Å². The van der Waals surface area contributed by atoms with Gasteiger partial charge in [-0.25, -0.2) is 0 Å². The van der Waals surface area contributed by atoms with Crippen LogP contribution in [0.3, 0.4) is 0 Å². The maximum atomic E-state index is 12.6.